The molecule has 5 rings (SSSR count). The van der Waals surface area contributed by atoms with Crippen LogP contribution in [0.2, 0.25) is 0 Å². The molecule has 27 heavy (non-hydrogen) atoms. The van der Waals surface area contributed by atoms with Crippen molar-refractivity contribution in [2.75, 3.05) is 0 Å². The van der Waals surface area contributed by atoms with E-state index in [1.165, 1.54) is 6.07 Å². The number of rotatable bonds is 2. The zero-order valence-corrected chi connectivity index (χ0v) is 15.3. The summed E-state index contributed by atoms with van der Waals surface area (Å²) in [5.74, 6) is -0.220. The first kappa shape index (κ1) is 16.8. The number of hydrogen-bond acceptors (Lipinski definition) is 2. The van der Waals surface area contributed by atoms with E-state index >= 15 is 0 Å². The lowest BCUT2D eigenvalue weighted by molar-refractivity contribution is -0.0507. The van der Waals surface area contributed by atoms with Gasteiger partial charge in [0.2, 0.25) is 0 Å². The zero-order chi connectivity index (χ0) is 18.9. The van der Waals surface area contributed by atoms with E-state index in [1.54, 1.807) is 12.1 Å². The van der Waals surface area contributed by atoms with Crippen molar-refractivity contribution in [3.63, 3.8) is 0 Å². The van der Waals surface area contributed by atoms with Gasteiger partial charge in [0.25, 0.3) is 5.91 Å². The number of aromatic nitrogens is 1. The number of alkyl halides is 3. The van der Waals surface area contributed by atoms with Gasteiger partial charge >= 0.3 is 6.61 Å². The summed E-state index contributed by atoms with van der Waals surface area (Å²) in [4.78, 5) is 12.8. The van der Waals surface area contributed by atoms with Crippen molar-refractivity contribution >= 4 is 23.6 Å². The molecule has 4 nitrogen and oxygen atoms in total. The van der Waals surface area contributed by atoms with Crippen molar-refractivity contribution in [3.8, 4) is 5.75 Å². The molecule has 2 unspecified atom stereocenters. The maximum absolute atomic E-state index is 13.0. The fraction of sp³-hybridized carbons (Fsp3) is 0.350. The summed E-state index contributed by atoms with van der Waals surface area (Å²) in [6.45, 7) is -0.979. The van der Waals surface area contributed by atoms with Crippen molar-refractivity contribution in [2.24, 2.45) is 0 Å². The second-order valence-corrected chi connectivity index (χ2v) is 8.04. The molecule has 1 N–H and O–H groups in total. The Hall–Kier alpha value is -2.34. The molecule has 2 aromatic rings. The van der Waals surface area contributed by atoms with Crippen LogP contribution in [0.4, 0.5) is 8.78 Å². The second kappa shape index (κ2) is 5.58. The van der Waals surface area contributed by atoms with E-state index in [0.29, 0.717) is 24.0 Å². The number of allylic oxidation sites excluding steroid dienone is 1. The molecule has 2 bridgehead atoms. The maximum Gasteiger partial charge on any atom is 0.387 e. The lowest BCUT2D eigenvalue weighted by Crippen LogP contribution is -2.41. The molecular formula is C20H17ClF2N2O2. The summed E-state index contributed by atoms with van der Waals surface area (Å²) < 4.78 is 33.0. The fourth-order valence-electron chi connectivity index (χ4n) is 4.72. The van der Waals surface area contributed by atoms with Gasteiger partial charge in [-0.15, -0.1) is 11.6 Å². The monoisotopic (exact) mass is 390 g/mol. The number of fused-ring (bicyclic) bond motifs is 9. The van der Waals surface area contributed by atoms with Gasteiger partial charge in [0.05, 0.1) is 17.0 Å². The first-order chi connectivity index (χ1) is 12.9. The number of carbonyl (C=O) groups is 1. The van der Waals surface area contributed by atoms with Gasteiger partial charge in [-0.2, -0.15) is 8.78 Å². The van der Waals surface area contributed by atoms with Crippen molar-refractivity contribution < 1.29 is 18.3 Å². The Bertz CT molecular complexity index is 1000. The standard InChI is InChI=1S/C20H17ClF2N2O2/c1-20-9-14(25-13-8-11(21)6-5-10(13)7-16(20)25)17-12(18(26)24-20)3-2-4-15(17)27-19(22)23/h2-7,11,14,19H,8-9H2,1H3,(H,24,26)/t11?,14?,20-/m1/s1. The zero-order valence-electron chi connectivity index (χ0n) is 14.5. The molecule has 1 aromatic heterocycles. The molecule has 3 aliphatic rings. The van der Waals surface area contributed by atoms with Crippen LogP contribution in [-0.4, -0.2) is 22.5 Å². The number of benzene rings is 1. The number of ether oxygens (including phenoxy) is 1. The third-order valence-electron chi connectivity index (χ3n) is 5.78. The number of halogens is 3. The molecule has 1 amide bonds. The van der Waals surface area contributed by atoms with E-state index in [-0.39, 0.29) is 23.1 Å². The van der Waals surface area contributed by atoms with Gasteiger partial charge in [-0.25, -0.2) is 0 Å². The van der Waals surface area contributed by atoms with Gasteiger partial charge in [0.1, 0.15) is 5.75 Å². The Morgan fingerprint density at radius 3 is 3.00 bits per heavy atom. The van der Waals surface area contributed by atoms with Crippen LogP contribution in [0.1, 0.15) is 52.3 Å². The summed E-state index contributed by atoms with van der Waals surface area (Å²) >= 11 is 6.34. The van der Waals surface area contributed by atoms with Crippen LogP contribution < -0.4 is 10.1 Å². The van der Waals surface area contributed by atoms with Crippen molar-refractivity contribution in [1.82, 2.24) is 9.88 Å². The average molecular weight is 391 g/mol. The Morgan fingerprint density at radius 2 is 2.22 bits per heavy atom. The average Bonchev–Trinajstić information content (AvgIpc) is 3.06. The van der Waals surface area contributed by atoms with Gasteiger partial charge in [-0.05, 0) is 30.7 Å². The number of carbonyl (C=O) groups excluding carboxylic acids is 1. The van der Waals surface area contributed by atoms with Gasteiger partial charge in [-0.1, -0.05) is 18.2 Å². The molecule has 0 radical (unpaired) electrons. The van der Waals surface area contributed by atoms with Crippen LogP contribution in [0.5, 0.6) is 5.75 Å². The molecular weight excluding hydrogens is 374 g/mol. The SMILES string of the molecule is C[C@]12CC(c3c(OC(F)F)cccc3C(=O)N1)n1c2cc2c1CC(Cl)C=C2. The highest BCUT2D eigenvalue weighted by Crippen LogP contribution is 2.51. The lowest BCUT2D eigenvalue weighted by Gasteiger charge is -2.25. The maximum atomic E-state index is 13.0. The van der Waals surface area contributed by atoms with E-state index in [0.717, 1.165) is 17.0 Å². The number of nitrogens with one attached hydrogen (secondary N) is 1. The van der Waals surface area contributed by atoms with E-state index in [4.69, 9.17) is 16.3 Å². The van der Waals surface area contributed by atoms with Crippen molar-refractivity contribution in [3.05, 3.63) is 58.4 Å². The number of amides is 1. The van der Waals surface area contributed by atoms with Crippen LogP contribution in [0.3, 0.4) is 0 Å². The second-order valence-electron chi connectivity index (χ2n) is 7.48. The van der Waals surface area contributed by atoms with Gasteiger partial charge in [-0.3, -0.25) is 4.79 Å². The Labute approximate surface area is 159 Å². The van der Waals surface area contributed by atoms with Gasteiger partial charge < -0.3 is 14.6 Å². The third-order valence-corrected chi connectivity index (χ3v) is 6.08. The van der Waals surface area contributed by atoms with Crippen LogP contribution in [-0.2, 0) is 12.0 Å². The van der Waals surface area contributed by atoms with E-state index in [1.807, 2.05) is 19.1 Å². The lowest BCUT2D eigenvalue weighted by atomic mass is 9.91. The predicted octanol–water partition coefficient (Wildman–Crippen LogP) is 4.22. The first-order valence-corrected chi connectivity index (χ1v) is 9.28. The molecule has 7 heteroatoms. The predicted molar refractivity (Wildman–Crippen MR) is 97.5 cm³/mol. The van der Waals surface area contributed by atoms with Crippen molar-refractivity contribution in [2.45, 2.75) is 43.3 Å². The van der Waals surface area contributed by atoms with Gasteiger partial charge in [0.15, 0.2) is 0 Å². The summed E-state index contributed by atoms with van der Waals surface area (Å²) in [7, 11) is 0. The van der Waals surface area contributed by atoms with Crippen molar-refractivity contribution in [1.29, 1.82) is 0 Å². The van der Waals surface area contributed by atoms with E-state index < -0.39 is 12.2 Å². The summed E-state index contributed by atoms with van der Waals surface area (Å²) in [6.07, 6.45) is 5.17. The molecule has 1 aromatic carbocycles. The summed E-state index contributed by atoms with van der Waals surface area (Å²) in [5, 5.41) is 2.98. The summed E-state index contributed by atoms with van der Waals surface area (Å²) in [6, 6.07) is 6.52. The first-order valence-electron chi connectivity index (χ1n) is 8.84. The van der Waals surface area contributed by atoms with Crippen LogP contribution in [0.15, 0.2) is 30.3 Å². The summed E-state index contributed by atoms with van der Waals surface area (Å²) in [5.41, 5.74) is 3.40. The van der Waals surface area contributed by atoms with Crippen LogP contribution in [0, 0.1) is 0 Å². The Kier molecular flexibility index (Phi) is 3.47. The minimum absolute atomic E-state index is 0.0518. The van der Waals surface area contributed by atoms with Crippen LogP contribution >= 0.6 is 11.6 Å². The normalized spacial score (nSPS) is 27.7. The minimum Gasteiger partial charge on any atom is -0.434 e. The molecule has 140 valence electrons. The molecule has 0 fully saturated rings. The Morgan fingerprint density at radius 1 is 1.41 bits per heavy atom. The minimum atomic E-state index is -2.95. The Balaban J connectivity index is 1.77. The fourth-order valence-corrected chi connectivity index (χ4v) is 4.94. The number of nitrogens with zero attached hydrogens (tertiary/aromatic N) is 1. The molecule has 3 heterocycles. The molecule has 3 atom stereocenters. The molecule has 2 aliphatic heterocycles. The smallest absolute Gasteiger partial charge is 0.387 e. The van der Waals surface area contributed by atoms with Crippen LogP contribution in [0.25, 0.3) is 6.08 Å². The molecule has 0 saturated carbocycles. The third kappa shape index (κ3) is 2.35. The van der Waals surface area contributed by atoms with Gasteiger partial charge in [0, 0.05) is 35.4 Å². The highest BCUT2D eigenvalue weighted by Gasteiger charge is 2.49. The number of hydrogen-bond donors (Lipinski definition) is 1. The highest BCUT2D eigenvalue weighted by molar-refractivity contribution is 6.22. The highest BCUT2D eigenvalue weighted by atomic mass is 35.5. The largest absolute Gasteiger partial charge is 0.434 e. The topological polar surface area (TPSA) is 43.3 Å². The molecule has 0 saturated heterocycles. The van der Waals surface area contributed by atoms with E-state index in [2.05, 4.69) is 16.0 Å². The molecule has 0 spiro atoms. The quantitative estimate of drug-likeness (QED) is 0.780. The van der Waals surface area contributed by atoms with E-state index in [9.17, 15) is 13.6 Å². The molecule has 1 aliphatic carbocycles.